The summed E-state index contributed by atoms with van der Waals surface area (Å²) in [5.41, 5.74) is 1.34. The van der Waals surface area contributed by atoms with Crippen LogP contribution in [0.3, 0.4) is 0 Å². The van der Waals surface area contributed by atoms with Crippen LogP contribution in [0.15, 0.2) is 48.5 Å². The molecule has 2 aromatic rings. The lowest BCUT2D eigenvalue weighted by atomic mass is 10.1. The third-order valence-corrected chi connectivity index (χ3v) is 3.83. The van der Waals surface area contributed by atoms with Gasteiger partial charge in [-0.15, -0.1) is 0 Å². The van der Waals surface area contributed by atoms with Crippen molar-refractivity contribution in [2.24, 2.45) is 0 Å². The Morgan fingerprint density at radius 1 is 1.04 bits per heavy atom. The van der Waals surface area contributed by atoms with Gasteiger partial charge in [0, 0.05) is 19.2 Å². The number of rotatable bonds is 4. The molecule has 0 bridgehead atoms. The summed E-state index contributed by atoms with van der Waals surface area (Å²) in [6.45, 7) is 2.12. The van der Waals surface area contributed by atoms with E-state index in [1.165, 1.54) is 6.07 Å². The van der Waals surface area contributed by atoms with Crippen LogP contribution in [0.2, 0.25) is 0 Å². The third kappa shape index (κ3) is 3.36. The van der Waals surface area contributed by atoms with E-state index in [9.17, 15) is 14.9 Å². The van der Waals surface area contributed by atoms with Crippen molar-refractivity contribution < 1.29 is 14.5 Å². The molecular formula is C17H17N3O4. The van der Waals surface area contributed by atoms with Crippen LogP contribution in [0, 0.1) is 10.1 Å². The number of nitro groups is 1. The number of carbonyl (C=O) groups is 1. The fraction of sp³-hybridized carbons (Fsp3) is 0.235. The molecule has 1 fully saturated rings. The number of benzene rings is 2. The van der Waals surface area contributed by atoms with Crippen LogP contribution in [-0.2, 0) is 4.74 Å². The number of nitrogens with zero attached hydrogens (tertiary/aromatic N) is 2. The van der Waals surface area contributed by atoms with Crippen molar-refractivity contribution in [1.29, 1.82) is 0 Å². The number of morpholine rings is 1. The maximum Gasteiger partial charge on any atom is 0.292 e. The minimum Gasteiger partial charge on any atom is -0.378 e. The van der Waals surface area contributed by atoms with Crippen LogP contribution < -0.4 is 5.32 Å². The van der Waals surface area contributed by atoms with Crippen molar-refractivity contribution in [3.63, 3.8) is 0 Å². The molecule has 7 nitrogen and oxygen atoms in total. The van der Waals surface area contributed by atoms with Crippen molar-refractivity contribution in [1.82, 2.24) is 4.90 Å². The average molecular weight is 327 g/mol. The van der Waals surface area contributed by atoms with Gasteiger partial charge in [0.2, 0.25) is 0 Å². The summed E-state index contributed by atoms with van der Waals surface area (Å²) >= 11 is 0. The molecule has 0 aromatic heterocycles. The minimum atomic E-state index is -0.450. The van der Waals surface area contributed by atoms with Crippen LogP contribution in [0.5, 0.6) is 0 Å². The Kier molecular flexibility index (Phi) is 4.72. The van der Waals surface area contributed by atoms with E-state index in [1.54, 1.807) is 47.4 Å². The number of amides is 1. The summed E-state index contributed by atoms with van der Waals surface area (Å²) in [6, 6.07) is 13.4. The number of hydrogen-bond acceptors (Lipinski definition) is 5. The first-order valence-electron chi connectivity index (χ1n) is 7.63. The van der Waals surface area contributed by atoms with Crippen molar-refractivity contribution in [3.8, 4) is 0 Å². The van der Waals surface area contributed by atoms with Gasteiger partial charge in [0.1, 0.15) is 5.69 Å². The van der Waals surface area contributed by atoms with Gasteiger partial charge in [0.25, 0.3) is 11.6 Å². The van der Waals surface area contributed by atoms with Crippen LogP contribution in [0.1, 0.15) is 10.4 Å². The van der Waals surface area contributed by atoms with E-state index in [2.05, 4.69) is 5.32 Å². The summed E-state index contributed by atoms with van der Waals surface area (Å²) in [5, 5.41) is 14.2. The van der Waals surface area contributed by atoms with Crippen LogP contribution >= 0.6 is 0 Å². The largest absolute Gasteiger partial charge is 0.378 e. The van der Waals surface area contributed by atoms with E-state index in [-0.39, 0.29) is 11.6 Å². The van der Waals surface area contributed by atoms with Crippen molar-refractivity contribution in [2.75, 3.05) is 31.6 Å². The van der Waals surface area contributed by atoms with Crippen LogP contribution in [-0.4, -0.2) is 42.0 Å². The fourth-order valence-electron chi connectivity index (χ4n) is 2.60. The minimum absolute atomic E-state index is 0.0360. The molecule has 1 N–H and O–H groups in total. The van der Waals surface area contributed by atoms with E-state index >= 15 is 0 Å². The van der Waals surface area contributed by atoms with E-state index in [4.69, 9.17) is 4.74 Å². The standard InChI is InChI=1S/C17H17N3O4/c21-17(19-9-11-24-12-10-19)13-5-1-2-6-14(13)18-15-7-3-4-8-16(15)20(22)23/h1-8,18H,9-12H2. The summed E-state index contributed by atoms with van der Waals surface area (Å²) in [6.07, 6.45) is 0. The number of para-hydroxylation sites is 3. The Morgan fingerprint density at radius 3 is 2.38 bits per heavy atom. The van der Waals surface area contributed by atoms with Gasteiger partial charge < -0.3 is 15.0 Å². The second kappa shape index (κ2) is 7.10. The molecule has 1 aliphatic heterocycles. The Labute approximate surface area is 139 Å². The maximum absolute atomic E-state index is 12.7. The summed E-state index contributed by atoms with van der Waals surface area (Å²) < 4.78 is 5.27. The monoisotopic (exact) mass is 327 g/mol. The van der Waals surface area contributed by atoms with Crippen LogP contribution in [0.25, 0.3) is 0 Å². The average Bonchev–Trinajstić information content (AvgIpc) is 2.62. The van der Waals surface area contributed by atoms with Crippen molar-refractivity contribution >= 4 is 23.0 Å². The first-order valence-corrected chi connectivity index (χ1v) is 7.63. The molecule has 0 unspecified atom stereocenters. The molecule has 1 aliphatic rings. The first kappa shape index (κ1) is 15.9. The molecule has 24 heavy (non-hydrogen) atoms. The van der Waals surface area contributed by atoms with Gasteiger partial charge in [0.15, 0.2) is 0 Å². The third-order valence-electron chi connectivity index (χ3n) is 3.83. The van der Waals surface area contributed by atoms with Crippen molar-refractivity contribution in [2.45, 2.75) is 0 Å². The zero-order valence-corrected chi connectivity index (χ0v) is 13.0. The number of nitrogens with one attached hydrogen (secondary N) is 1. The van der Waals surface area contributed by atoms with Crippen LogP contribution in [0.4, 0.5) is 17.1 Å². The maximum atomic E-state index is 12.7. The number of nitro benzene ring substituents is 1. The molecule has 0 spiro atoms. The van der Waals surface area contributed by atoms with Gasteiger partial charge in [-0.25, -0.2) is 0 Å². The van der Waals surface area contributed by atoms with Gasteiger partial charge in [-0.05, 0) is 18.2 Å². The second-order valence-electron chi connectivity index (χ2n) is 5.35. The molecule has 0 atom stereocenters. The predicted octanol–water partition coefficient (Wildman–Crippen LogP) is 2.81. The molecule has 0 radical (unpaired) electrons. The molecule has 1 saturated heterocycles. The summed E-state index contributed by atoms with van der Waals surface area (Å²) in [7, 11) is 0. The smallest absolute Gasteiger partial charge is 0.292 e. The number of anilines is 2. The molecule has 1 heterocycles. The van der Waals surface area contributed by atoms with E-state index in [1.807, 2.05) is 0 Å². The molecule has 1 amide bonds. The Hall–Kier alpha value is -2.93. The van der Waals surface area contributed by atoms with E-state index in [0.29, 0.717) is 43.2 Å². The van der Waals surface area contributed by atoms with E-state index < -0.39 is 4.92 Å². The highest BCUT2D eigenvalue weighted by molar-refractivity contribution is 6.00. The normalized spacial score (nSPS) is 14.2. The quantitative estimate of drug-likeness (QED) is 0.689. The summed E-state index contributed by atoms with van der Waals surface area (Å²) in [5.74, 6) is -0.111. The molecule has 0 saturated carbocycles. The SMILES string of the molecule is O=C(c1ccccc1Nc1ccccc1[N+](=O)[O-])N1CCOCC1. The zero-order valence-electron chi connectivity index (χ0n) is 13.0. The summed E-state index contributed by atoms with van der Waals surface area (Å²) in [4.78, 5) is 25.2. The fourth-order valence-corrected chi connectivity index (χ4v) is 2.60. The number of ether oxygens (including phenoxy) is 1. The molecule has 2 aromatic carbocycles. The Balaban J connectivity index is 1.90. The second-order valence-corrected chi connectivity index (χ2v) is 5.35. The topological polar surface area (TPSA) is 84.7 Å². The number of carbonyl (C=O) groups excluding carboxylic acids is 1. The van der Waals surface area contributed by atoms with Gasteiger partial charge in [0.05, 0.1) is 29.4 Å². The lowest BCUT2D eigenvalue weighted by Gasteiger charge is -2.27. The lowest BCUT2D eigenvalue weighted by Crippen LogP contribution is -2.40. The lowest BCUT2D eigenvalue weighted by molar-refractivity contribution is -0.383. The highest BCUT2D eigenvalue weighted by Gasteiger charge is 2.22. The zero-order chi connectivity index (χ0) is 16.9. The van der Waals surface area contributed by atoms with Gasteiger partial charge >= 0.3 is 0 Å². The highest BCUT2D eigenvalue weighted by Crippen LogP contribution is 2.29. The van der Waals surface area contributed by atoms with E-state index in [0.717, 1.165) is 0 Å². The van der Waals surface area contributed by atoms with Crippen molar-refractivity contribution in [3.05, 3.63) is 64.2 Å². The molecule has 3 rings (SSSR count). The number of hydrogen-bond donors (Lipinski definition) is 1. The first-order chi connectivity index (χ1) is 11.7. The van der Waals surface area contributed by atoms with Gasteiger partial charge in [-0.1, -0.05) is 24.3 Å². The Bertz CT molecular complexity index is 757. The molecular weight excluding hydrogens is 310 g/mol. The predicted molar refractivity (Wildman–Crippen MR) is 89.5 cm³/mol. The van der Waals surface area contributed by atoms with Gasteiger partial charge in [-0.2, -0.15) is 0 Å². The van der Waals surface area contributed by atoms with Gasteiger partial charge in [-0.3, -0.25) is 14.9 Å². The molecule has 124 valence electrons. The molecule has 7 heteroatoms. The molecule has 0 aliphatic carbocycles. The highest BCUT2D eigenvalue weighted by atomic mass is 16.6. The Morgan fingerprint density at radius 2 is 1.67 bits per heavy atom.